The van der Waals surface area contributed by atoms with E-state index < -0.39 is 0 Å². The number of carbonyl (C=O) groups excluding carboxylic acids is 1. The Hall–Kier alpha value is -1.25. The van der Waals surface area contributed by atoms with Crippen molar-refractivity contribution < 1.29 is 4.79 Å². The van der Waals surface area contributed by atoms with Gasteiger partial charge in [-0.1, -0.05) is 32.9 Å². The molecule has 15 heavy (non-hydrogen) atoms. The van der Waals surface area contributed by atoms with Crippen LogP contribution >= 0.6 is 0 Å². The van der Waals surface area contributed by atoms with Crippen LogP contribution in [0.5, 0.6) is 0 Å². The van der Waals surface area contributed by atoms with Gasteiger partial charge in [0.25, 0.3) is 0 Å². The van der Waals surface area contributed by atoms with Crippen LogP contribution in [-0.2, 0) is 12.0 Å². The molecule has 0 aromatic heterocycles. The third-order valence-corrected chi connectivity index (χ3v) is 2.96. The van der Waals surface area contributed by atoms with Gasteiger partial charge in [-0.2, -0.15) is 0 Å². The van der Waals surface area contributed by atoms with Crippen LogP contribution in [0.2, 0.25) is 0 Å². The summed E-state index contributed by atoms with van der Waals surface area (Å²) >= 11 is 0. The van der Waals surface area contributed by atoms with Gasteiger partial charge < -0.3 is 4.81 Å². The maximum atomic E-state index is 11.8. The van der Waals surface area contributed by atoms with Gasteiger partial charge in [0, 0.05) is 12.1 Å². The summed E-state index contributed by atoms with van der Waals surface area (Å²) in [4.78, 5) is 13.6. The Morgan fingerprint density at radius 1 is 1.33 bits per heavy atom. The second kappa shape index (κ2) is 3.12. The molecule has 1 aliphatic rings. The summed E-state index contributed by atoms with van der Waals surface area (Å²) in [5, 5.41) is 0. The first-order valence-electron chi connectivity index (χ1n) is 5.29. The quantitative estimate of drug-likeness (QED) is 0.582. The van der Waals surface area contributed by atoms with E-state index in [9.17, 15) is 4.79 Å². The van der Waals surface area contributed by atoms with E-state index in [0.29, 0.717) is 0 Å². The summed E-state index contributed by atoms with van der Waals surface area (Å²) in [5.74, 6) is 0.149. The molecule has 1 aromatic rings. The van der Waals surface area contributed by atoms with Crippen molar-refractivity contribution in [1.29, 1.82) is 0 Å². The normalized spacial score (nSPS) is 15.7. The average molecular weight is 201 g/mol. The van der Waals surface area contributed by atoms with Crippen LogP contribution in [0, 0.1) is 0 Å². The molecule has 0 fully saturated rings. The van der Waals surface area contributed by atoms with Crippen molar-refractivity contribution in [3.8, 4) is 0 Å². The summed E-state index contributed by atoms with van der Waals surface area (Å²) in [6.45, 7) is 7.31. The highest BCUT2D eigenvalue weighted by Gasteiger charge is 2.29. The molecule has 78 valence electrons. The molecule has 2 rings (SSSR count). The molecule has 3 heteroatoms. The Morgan fingerprint density at radius 3 is 2.60 bits per heavy atom. The van der Waals surface area contributed by atoms with Gasteiger partial charge in [0.15, 0.2) is 0 Å². The molecule has 0 radical (unpaired) electrons. The summed E-state index contributed by atoms with van der Waals surface area (Å²) in [6, 6.07) is 6.04. The highest BCUT2D eigenvalue weighted by Crippen LogP contribution is 2.32. The summed E-state index contributed by atoms with van der Waals surface area (Å²) in [7, 11) is 1.86. The predicted octanol–water partition coefficient (Wildman–Crippen LogP) is 1.49. The van der Waals surface area contributed by atoms with Crippen LogP contribution in [0.1, 0.15) is 42.3 Å². The van der Waals surface area contributed by atoms with Crippen molar-refractivity contribution in [3.63, 3.8) is 0 Å². The maximum Gasteiger partial charge on any atom is 0.241 e. The van der Waals surface area contributed by atoms with Crippen molar-refractivity contribution in [2.45, 2.75) is 32.7 Å². The van der Waals surface area contributed by atoms with Crippen LogP contribution in [0.3, 0.4) is 0 Å². The number of hydrogen-bond acceptors (Lipinski definition) is 1. The zero-order chi connectivity index (χ0) is 11.2. The van der Waals surface area contributed by atoms with E-state index in [0.717, 1.165) is 12.1 Å². The largest absolute Gasteiger partial charge is 0.386 e. The fourth-order valence-electron chi connectivity index (χ4n) is 2.17. The highest BCUT2D eigenvalue weighted by atomic mass is 16.2. The lowest BCUT2D eigenvalue weighted by atomic mass is 9.83. The van der Waals surface area contributed by atoms with Gasteiger partial charge in [-0.15, -0.1) is 0 Å². The molecule has 0 spiro atoms. The van der Waals surface area contributed by atoms with E-state index >= 15 is 0 Å². The van der Waals surface area contributed by atoms with Crippen LogP contribution < -0.4 is 0 Å². The number of carbonyl (C=O) groups is 1. The average Bonchev–Trinajstić information content (AvgIpc) is 2.41. The second-order valence-corrected chi connectivity index (χ2v) is 5.24. The van der Waals surface area contributed by atoms with Crippen LogP contribution in [0.4, 0.5) is 0 Å². The highest BCUT2D eigenvalue weighted by molar-refractivity contribution is 6.20. The summed E-state index contributed by atoms with van der Waals surface area (Å²) < 4.78 is 0. The molecule has 1 aliphatic heterocycles. The number of hydrogen-bond donors (Lipinski definition) is 0. The van der Waals surface area contributed by atoms with Gasteiger partial charge in [0.05, 0.1) is 0 Å². The van der Waals surface area contributed by atoms with E-state index in [1.54, 1.807) is 4.81 Å². The van der Waals surface area contributed by atoms with Crippen molar-refractivity contribution in [3.05, 3.63) is 34.9 Å². The summed E-state index contributed by atoms with van der Waals surface area (Å²) in [6.07, 6.45) is 0. The fourth-order valence-corrected chi connectivity index (χ4v) is 2.17. The first-order chi connectivity index (χ1) is 6.91. The Balaban J connectivity index is 2.60. The molecule has 1 heterocycles. The van der Waals surface area contributed by atoms with Gasteiger partial charge in [-0.05, 0) is 22.6 Å². The Labute approximate surface area is 91.7 Å². The van der Waals surface area contributed by atoms with Gasteiger partial charge >= 0.3 is 0 Å². The van der Waals surface area contributed by atoms with Gasteiger partial charge in [-0.3, -0.25) is 4.79 Å². The van der Waals surface area contributed by atoms with Crippen molar-refractivity contribution in [2.24, 2.45) is 0 Å². The number of amides is 1. The number of nitrogens with zero attached hydrogens (tertiary/aromatic N) is 1. The third-order valence-electron chi connectivity index (χ3n) is 2.96. The molecule has 1 amide bonds. The number of fused-ring (bicyclic) bond motifs is 1. The van der Waals surface area contributed by atoms with E-state index in [1.807, 2.05) is 20.1 Å². The van der Waals surface area contributed by atoms with Gasteiger partial charge in [-0.25, -0.2) is 0 Å². The molecular formula is C12H16BNO. The van der Waals surface area contributed by atoms with Crippen molar-refractivity contribution >= 4 is 13.9 Å². The predicted molar refractivity (Wildman–Crippen MR) is 63.6 cm³/mol. The smallest absolute Gasteiger partial charge is 0.241 e. The fraction of sp³-hybridized carbons (Fsp3) is 0.417. The molecule has 0 aliphatic carbocycles. The van der Waals surface area contributed by atoms with E-state index in [-0.39, 0.29) is 11.3 Å². The summed E-state index contributed by atoms with van der Waals surface area (Å²) in [5.41, 5.74) is 3.48. The Bertz CT molecular complexity index is 420. The lowest BCUT2D eigenvalue weighted by Gasteiger charge is -2.22. The molecule has 2 nitrogen and oxygen atoms in total. The zero-order valence-electron chi connectivity index (χ0n) is 9.79. The minimum atomic E-state index is 0.108. The zero-order valence-corrected chi connectivity index (χ0v) is 9.79. The number of benzene rings is 1. The molecule has 0 atom stereocenters. The van der Waals surface area contributed by atoms with Gasteiger partial charge in [0.2, 0.25) is 13.9 Å². The molecule has 0 N–H and O–H groups in total. The minimum Gasteiger partial charge on any atom is -0.386 e. The lowest BCUT2D eigenvalue weighted by molar-refractivity contribution is 0.0880. The SMILES string of the molecule is BN1Cc2c(cccc2C(C)(C)C)C1=O. The molecule has 0 bridgehead atoms. The van der Waals surface area contributed by atoms with Crippen LogP contribution in [-0.4, -0.2) is 18.7 Å². The van der Waals surface area contributed by atoms with Crippen molar-refractivity contribution in [1.82, 2.24) is 4.81 Å². The topological polar surface area (TPSA) is 20.3 Å². The standard InChI is InChI=1S/C12H16BNO/c1-12(2,3)10-6-4-5-8-9(10)7-14(13)11(8)15/h4-6H,7,13H2,1-3H3. The van der Waals surface area contributed by atoms with Crippen LogP contribution in [0.25, 0.3) is 0 Å². The van der Waals surface area contributed by atoms with E-state index in [4.69, 9.17) is 0 Å². The minimum absolute atomic E-state index is 0.108. The first-order valence-corrected chi connectivity index (χ1v) is 5.29. The van der Waals surface area contributed by atoms with Crippen LogP contribution in [0.15, 0.2) is 18.2 Å². The Kier molecular flexibility index (Phi) is 2.14. The third kappa shape index (κ3) is 1.56. The maximum absolute atomic E-state index is 11.8. The lowest BCUT2D eigenvalue weighted by Crippen LogP contribution is -2.19. The molecule has 0 saturated carbocycles. The Morgan fingerprint density at radius 2 is 2.00 bits per heavy atom. The second-order valence-electron chi connectivity index (χ2n) is 5.24. The van der Waals surface area contributed by atoms with E-state index in [2.05, 4.69) is 26.8 Å². The number of rotatable bonds is 0. The molecule has 0 saturated heterocycles. The van der Waals surface area contributed by atoms with Crippen molar-refractivity contribution in [2.75, 3.05) is 0 Å². The molecule has 0 unspecified atom stereocenters. The monoisotopic (exact) mass is 201 g/mol. The van der Waals surface area contributed by atoms with E-state index in [1.165, 1.54) is 11.1 Å². The van der Waals surface area contributed by atoms with Gasteiger partial charge in [0.1, 0.15) is 0 Å². The first kappa shape index (κ1) is 10.3. The molecule has 1 aromatic carbocycles. The molecular weight excluding hydrogens is 185 g/mol.